The first-order chi connectivity index (χ1) is 17.0. The van der Waals surface area contributed by atoms with Gasteiger partial charge in [-0.3, -0.25) is 14.5 Å². The van der Waals surface area contributed by atoms with Crippen LogP contribution in [0.15, 0.2) is 72.3 Å². The van der Waals surface area contributed by atoms with Crippen molar-refractivity contribution in [1.29, 1.82) is 0 Å². The number of amides is 1. The molecule has 1 amide bonds. The summed E-state index contributed by atoms with van der Waals surface area (Å²) in [5.41, 5.74) is 4.52. The zero-order chi connectivity index (χ0) is 26.2. The SMILES string of the molecule is CCOc1ccc(/C(O)=C2\C(=O)C(=O)N(c3cccc(C)c3)C2c2ccccc2C)cc1C(C)(C)C. The minimum atomic E-state index is -0.752. The second kappa shape index (κ2) is 9.65. The molecule has 1 unspecified atom stereocenters. The molecule has 0 aromatic heterocycles. The molecule has 4 rings (SSSR count). The summed E-state index contributed by atoms with van der Waals surface area (Å²) in [6.45, 7) is 12.5. The van der Waals surface area contributed by atoms with Gasteiger partial charge in [0.15, 0.2) is 0 Å². The summed E-state index contributed by atoms with van der Waals surface area (Å²) in [7, 11) is 0. The molecule has 1 aliphatic heterocycles. The summed E-state index contributed by atoms with van der Waals surface area (Å²) in [6.07, 6.45) is 0. The van der Waals surface area contributed by atoms with E-state index in [1.807, 2.05) is 81.4 Å². The monoisotopic (exact) mass is 483 g/mol. The van der Waals surface area contributed by atoms with Gasteiger partial charge in [0.25, 0.3) is 11.7 Å². The van der Waals surface area contributed by atoms with Crippen molar-refractivity contribution in [3.63, 3.8) is 0 Å². The van der Waals surface area contributed by atoms with E-state index in [2.05, 4.69) is 20.8 Å². The van der Waals surface area contributed by atoms with Gasteiger partial charge in [0.1, 0.15) is 11.5 Å². The predicted octanol–water partition coefficient (Wildman–Crippen LogP) is 6.63. The van der Waals surface area contributed by atoms with Crippen molar-refractivity contribution in [3.8, 4) is 5.75 Å². The molecule has 1 N–H and O–H groups in total. The minimum Gasteiger partial charge on any atom is -0.507 e. The quantitative estimate of drug-likeness (QED) is 0.251. The van der Waals surface area contributed by atoms with Gasteiger partial charge in [-0.15, -0.1) is 0 Å². The fourth-order valence-electron chi connectivity index (χ4n) is 4.76. The van der Waals surface area contributed by atoms with E-state index in [1.165, 1.54) is 4.90 Å². The smallest absolute Gasteiger partial charge is 0.300 e. The number of hydrogen-bond donors (Lipinski definition) is 1. The van der Waals surface area contributed by atoms with Gasteiger partial charge >= 0.3 is 0 Å². The van der Waals surface area contributed by atoms with Crippen molar-refractivity contribution >= 4 is 23.1 Å². The number of aliphatic hydroxyl groups is 1. The minimum absolute atomic E-state index is 0.0832. The van der Waals surface area contributed by atoms with Crippen LogP contribution >= 0.6 is 0 Å². The first-order valence-corrected chi connectivity index (χ1v) is 12.3. The van der Waals surface area contributed by atoms with Crippen LogP contribution in [0.25, 0.3) is 5.76 Å². The third kappa shape index (κ3) is 4.53. The van der Waals surface area contributed by atoms with Gasteiger partial charge in [-0.1, -0.05) is 57.2 Å². The van der Waals surface area contributed by atoms with Gasteiger partial charge < -0.3 is 9.84 Å². The molecule has 5 heteroatoms. The van der Waals surface area contributed by atoms with Crippen molar-refractivity contribution in [2.24, 2.45) is 0 Å². The Bertz CT molecular complexity index is 1360. The third-order valence-electron chi connectivity index (χ3n) is 6.57. The van der Waals surface area contributed by atoms with E-state index < -0.39 is 17.7 Å². The number of hydrogen-bond acceptors (Lipinski definition) is 4. The van der Waals surface area contributed by atoms with Crippen LogP contribution in [0.5, 0.6) is 5.75 Å². The van der Waals surface area contributed by atoms with Crippen molar-refractivity contribution in [1.82, 2.24) is 0 Å². The topological polar surface area (TPSA) is 66.8 Å². The highest BCUT2D eigenvalue weighted by atomic mass is 16.5. The lowest BCUT2D eigenvalue weighted by Gasteiger charge is -2.27. The standard InChI is InChI=1S/C31H33NO4/c1-7-36-25-16-15-21(18-24(25)31(4,5)6)28(33)26-27(23-14-9-8-12-20(23)3)32(30(35)29(26)34)22-13-10-11-19(2)17-22/h8-18,27,33H,7H2,1-6H3/b28-26+. The Balaban J connectivity index is 1.97. The van der Waals surface area contributed by atoms with Crippen molar-refractivity contribution in [2.75, 3.05) is 11.5 Å². The summed E-state index contributed by atoms with van der Waals surface area (Å²) in [5, 5.41) is 11.6. The van der Waals surface area contributed by atoms with E-state index >= 15 is 0 Å². The van der Waals surface area contributed by atoms with Crippen LogP contribution in [-0.2, 0) is 15.0 Å². The fraction of sp³-hybridized carbons (Fsp3) is 0.290. The molecule has 3 aromatic rings. The summed E-state index contributed by atoms with van der Waals surface area (Å²) in [5.74, 6) is -0.812. The van der Waals surface area contributed by atoms with Crippen LogP contribution in [0, 0.1) is 13.8 Å². The number of aliphatic hydroxyl groups excluding tert-OH is 1. The van der Waals surface area contributed by atoms with Crippen LogP contribution in [0.3, 0.4) is 0 Å². The Hall–Kier alpha value is -3.86. The molecule has 0 bridgehead atoms. The lowest BCUT2D eigenvalue weighted by atomic mass is 9.84. The van der Waals surface area contributed by atoms with Gasteiger partial charge in [0.2, 0.25) is 0 Å². The first-order valence-electron chi connectivity index (χ1n) is 12.3. The Morgan fingerprint density at radius 1 is 0.972 bits per heavy atom. The number of carbonyl (C=O) groups excluding carboxylic acids is 2. The van der Waals surface area contributed by atoms with Gasteiger partial charge in [0, 0.05) is 16.8 Å². The van der Waals surface area contributed by atoms with Gasteiger partial charge in [0.05, 0.1) is 18.2 Å². The van der Waals surface area contributed by atoms with Crippen LogP contribution in [-0.4, -0.2) is 23.4 Å². The number of carbonyl (C=O) groups is 2. The zero-order valence-electron chi connectivity index (χ0n) is 21.8. The van der Waals surface area contributed by atoms with E-state index in [1.54, 1.807) is 6.07 Å². The van der Waals surface area contributed by atoms with Crippen LogP contribution in [0.2, 0.25) is 0 Å². The number of Topliss-reactive ketones (excluding diaryl/α,β-unsaturated/α-hetero) is 1. The second-order valence-electron chi connectivity index (χ2n) is 10.3. The molecule has 0 aliphatic carbocycles. The number of rotatable bonds is 5. The number of aryl methyl sites for hydroxylation is 2. The lowest BCUT2D eigenvalue weighted by molar-refractivity contribution is -0.132. The van der Waals surface area contributed by atoms with Crippen molar-refractivity contribution in [2.45, 2.75) is 53.0 Å². The molecule has 1 heterocycles. The number of ether oxygens (including phenoxy) is 1. The largest absolute Gasteiger partial charge is 0.507 e. The van der Waals surface area contributed by atoms with Gasteiger partial charge in [-0.2, -0.15) is 0 Å². The Morgan fingerprint density at radius 2 is 1.69 bits per heavy atom. The molecule has 1 aliphatic rings. The highest BCUT2D eigenvalue weighted by Gasteiger charge is 2.47. The molecule has 5 nitrogen and oxygen atoms in total. The van der Waals surface area contributed by atoms with Crippen LogP contribution in [0.1, 0.15) is 61.6 Å². The van der Waals surface area contributed by atoms with E-state index in [9.17, 15) is 14.7 Å². The van der Waals surface area contributed by atoms with E-state index in [0.29, 0.717) is 17.9 Å². The maximum Gasteiger partial charge on any atom is 0.300 e. The fourth-order valence-corrected chi connectivity index (χ4v) is 4.76. The normalized spacial score (nSPS) is 17.5. The summed E-state index contributed by atoms with van der Waals surface area (Å²) >= 11 is 0. The predicted molar refractivity (Wildman–Crippen MR) is 143 cm³/mol. The molecule has 0 spiro atoms. The molecule has 1 atom stereocenters. The second-order valence-corrected chi connectivity index (χ2v) is 10.3. The molecular weight excluding hydrogens is 450 g/mol. The third-order valence-corrected chi connectivity index (χ3v) is 6.57. The molecule has 0 saturated carbocycles. The number of nitrogens with zero attached hydrogens (tertiary/aromatic N) is 1. The maximum absolute atomic E-state index is 13.5. The summed E-state index contributed by atoms with van der Waals surface area (Å²) < 4.78 is 5.83. The van der Waals surface area contributed by atoms with Crippen LogP contribution in [0.4, 0.5) is 5.69 Å². The first kappa shape index (κ1) is 25.2. The molecule has 1 saturated heterocycles. The molecule has 186 valence electrons. The molecule has 1 fully saturated rings. The maximum atomic E-state index is 13.5. The molecule has 0 radical (unpaired) electrons. The average molecular weight is 484 g/mol. The van der Waals surface area contributed by atoms with Crippen molar-refractivity contribution < 1.29 is 19.4 Å². The van der Waals surface area contributed by atoms with E-state index in [-0.39, 0.29) is 16.7 Å². The molecular formula is C31H33NO4. The highest BCUT2D eigenvalue weighted by Crippen LogP contribution is 2.44. The average Bonchev–Trinajstić information content (AvgIpc) is 3.09. The van der Waals surface area contributed by atoms with Crippen LogP contribution < -0.4 is 9.64 Å². The molecule has 3 aromatic carbocycles. The highest BCUT2D eigenvalue weighted by molar-refractivity contribution is 6.51. The van der Waals surface area contributed by atoms with Gasteiger partial charge in [-0.05, 0) is 73.2 Å². The number of benzene rings is 3. The molecule has 36 heavy (non-hydrogen) atoms. The summed E-state index contributed by atoms with van der Waals surface area (Å²) in [6, 6.07) is 19.8. The Morgan fingerprint density at radius 3 is 2.33 bits per heavy atom. The number of ketones is 1. The van der Waals surface area contributed by atoms with Crippen molar-refractivity contribution in [3.05, 3.63) is 100 Å². The van der Waals surface area contributed by atoms with Gasteiger partial charge in [-0.25, -0.2) is 0 Å². The Labute approximate surface area is 213 Å². The Kier molecular flexibility index (Phi) is 6.77. The summed E-state index contributed by atoms with van der Waals surface area (Å²) in [4.78, 5) is 28.4. The lowest BCUT2D eigenvalue weighted by Crippen LogP contribution is -2.29. The number of anilines is 1. The van der Waals surface area contributed by atoms with E-state index in [0.717, 1.165) is 28.0 Å². The van der Waals surface area contributed by atoms with E-state index in [4.69, 9.17) is 4.74 Å². The zero-order valence-corrected chi connectivity index (χ0v) is 21.8.